The van der Waals surface area contributed by atoms with E-state index in [1.54, 1.807) is 0 Å². The first kappa shape index (κ1) is 38.1. The predicted molar refractivity (Wildman–Crippen MR) is 201 cm³/mol. The Kier molecular flexibility index (Phi) is 14.0. The van der Waals surface area contributed by atoms with Gasteiger partial charge in [0.05, 0.1) is 45.2 Å². The lowest BCUT2D eigenvalue weighted by molar-refractivity contribution is -0.166. The largest absolute Gasteiger partial charge is 0.414 e. The number of hydrogen-bond acceptors (Lipinski definition) is 7. The summed E-state index contributed by atoms with van der Waals surface area (Å²) in [5.41, 5.74) is 4.21. The molecule has 1 aliphatic heterocycles. The normalized spacial score (nSPS) is 20.0. The number of benzene rings is 4. The molecule has 0 aromatic heterocycles. The van der Waals surface area contributed by atoms with Crippen molar-refractivity contribution in [2.75, 3.05) is 13.2 Å². The van der Waals surface area contributed by atoms with Crippen LogP contribution < -0.4 is 5.32 Å². The van der Waals surface area contributed by atoms with Crippen LogP contribution in [0.1, 0.15) is 43.0 Å². The van der Waals surface area contributed by atoms with Gasteiger partial charge in [0.1, 0.15) is 24.4 Å². The molecule has 6 atom stereocenters. The van der Waals surface area contributed by atoms with Crippen LogP contribution >= 0.6 is 0 Å². The summed E-state index contributed by atoms with van der Waals surface area (Å²) in [7, 11) is -2.17. The van der Waals surface area contributed by atoms with E-state index < -0.39 is 32.7 Å². The first-order valence-electron chi connectivity index (χ1n) is 17.8. The van der Waals surface area contributed by atoms with Gasteiger partial charge in [-0.25, -0.2) is 0 Å². The highest BCUT2D eigenvalue weighted by molar-refractivity contribution is 6.74. The highest BCUT2D eigenvalue weighted by Crippen LogP contribution is 2.37. The Morgan fingerprint density at radius 1 is 0.660 bits per heavy atom. The molecule has 0 amide bonds. The van der Waals surface area contributed by atoms with Gasteiger partial charge in [-0.2, -0.15) is 0 Å². The summed E-state index contributed by atoms with van der Waals surface area (Å²) in [5, 5.41) is 15.7. The Hall–Kier alpha value is -3.18. The van der Waals surface area contributed by atoms with Crippen LogP contribution in [0.5, 0.6) is 0 Å². The average Bonchev–Trinajstić information content (AvgIpc) is 3.53. The van der Waals surface area contributed by atoms with E-state index in [-0.39, 0.29) is 23.8 Å². The Morgan fingerprint density at radius 2 is 1.10 bits per heavy atom. The standard InChI is InChI=1S/C42H55NO6Si/c1-42(2,3)50(4,5)49-31-36(44)39(46-28-33-20-12-7-13-21-33)41(48-30-35-24-16-9-17-25-35)38-40(47-29-34-22-14-8-15-23-34)37(26-43-38)45-27-32-18-10-6-11-19-32/h6-25,36-41,43-44H,26-31H2,1-5H3/t36-,37+,38+,39+,40+,41+/m1/s1. The lowest BCUT2D eigenvalue weighted by atomic mass is 9.96. The van der Waals surface area contributed by atoms with Gasteiger partial charge in [0.2, 0.25) is 0 Å². The third-order valence-corrected chi connectivity index (χ3v) is 14.4. The van der Waals surface area contributed by atoms with E-state index in [4.69, 9.17) is 23.4 Å². The molecule has 0 unspecified atom stereocenters. The van der Waals surface area contributed by atoms with E-state index in [2.05, 4.69) is 63.4 Å². The smallest absolute Gasteiger partial charge is 0.192 e. The molecule has 268 valence electrons. The van der Waals surface area contributed by atoms with Crippen molar-refractivity contribution in [3.8, 4) is 0 Å². The Morgan fingerprint density at radius 3 is 1.58 bits per heavy atom. The molecule has 4 aromatic carbocycles. The molecule has 7 nitrogen and oxygen atoms in total. The SMILES string of the molecule is CC(C)(C)[Si](C)(C)OC[C@@H](O)[C@H](OCc1ccccc1)[C@@H](OCc1ccccc1)[C@H]1NC[C@H](OCc2ccccc2)[C@@H]1OCc1ccccc1. The van der Waals surface area contributed by atoms with Crippen molar-refractivity contribution in [2.45, 2.75) is 102 Å². The fourth-order valence-corrected chi connectivity index (χ4v) is 6.91. The lowest BCUT2D eigenvalue weighted by Crippen LogP contribution is -2.56. The zero-order valence-electron chi connectivity index (χ0n) is 30.2. The molecular formula is C42H55NO6Si. The van der Waals surface area contributed by atoms with Gasteiger partial charge in [0.15, 0.2) is 8.32 Å². The molecule has 0 saturated carbocycles. The number of aliphatic hydroxyl groups is 1. The fraction of sp³-hybridized carbons (Fsp3) is 0.429. The minimum absolute atomic E-state index is 0.0109. The molecule has 1 heterocycles. The minimum Gasteiger partial charge on any atom is -0.414 e. The van der Waals surface area contributed by atoms with Gasteiger partial charge in [-0.1, -0.05) is 142 Å². The van der Waals surface area contributed by atoms with Gasteiger partial charge < -0.3 is 33.8 Å². The third-order valence-electron chi connectivity index (χ3n) is 9.92. The topological polar surface area (TPSA) is 78.4 Å². The van der Waals surface area contributed by atoms with E-state index in [9.17, 15) is 5.11 Å². The second kappa shape index (κ2) is 18.3. The van der Waals surface area contributed by atoms with Crippen LogP contribution in [-0.4, -0.2) is 63.1 Å². The predicted octanol–water partition coefficient (Wildman–Crippen LogP) is 7.68. The van der Waals surface area contributed by atoms with E-state index in [0.29, 0.717) is 33.0 Å². The van der Waals surface area contributed by atoms with Crippen LogP contribution in [0.2, 0.25) is 18.1 Å². The van der Waals surface area contributed by atoms with Crippen LogP contribution in [0.25, 0.3) is 0 Å². The molecular weight excluding hydrogens is 643 g/mol. The lowest BCUT2D eigenvalue weighted by Gasteiger charge is -2.40. The molecule has 2 N–H and O–H groups in total. The summed E-state index contributed by atoms with van der Waals surface area (Å²) >= 11 is 0. The van der Waals surface area contributed by atoms with E-state index in [1.165, 1.54) is 0 Å². The van der Waals surface area contributed by atoms with Crippen LogP contribution in [0.15, 0.2) is 121 Å². The van der Waals surface area contributed by atoms with Gasteiger partial charge in [-0.3, -0.25) is 0 Å². The van der Waals surface area contributed by atoms with Crippen LogP contribution in [0.4, 0.5) is 0 Å². The number of rotatable bonds is 18. The maximum absolute atomic E-state index is 12.0. The summed E-state index contributed by atoms with van der Waals surface area (Å²) < 4.78 is 33.5. The van der Waals surface area contributed by atoms with Gasteiger partial charge >= 0.3 is 0 Å². The molecule has 0 aliphatic carbocycles. The second-order valence-electron chi connectivity index (χ2n) is 14.7. The summed E-state index contributed by atoms with van der Waals surface area (Å²) in [5.74, 6) is 0. The van der Waals surface area contributed by atoms with Gasteiger partial charge in [-0.05, 0) is 40.4 Å². The molecule has 50 heavy (non-hydrogen) atoms. The Labute approximate surface area is 300 Å². The van der Waals surface area contributed by atoms with Crippen molar-refractivity contribution in [1.29, 1.82) is 0 Å². The Bertz CT molecular complexity index is 1520. The molecule has 5 rings (SSSR count). The highest BCUT2D eigenvalue weighted by atomic mass is 28.4. The highest BCUT2D eigenvalue weighted by Gasteiger charge is 2.48. The van der Waals surface area contributed by atoms with Crippen molar-refractivity contribution < 1.29 is 28.5 Å². The average molecular weight is 698 g/mol. The monoisotopic (exact) mass is 697 g/mol. The maximum atomic E-state index is 12.0. The number of hydrogen-bond donors (Lipinski definition) is 2. The van der Waals surface area contributed by atoms with Crippen molar-refractivity contribution >= 4 is 8.32 Å². The van der Waals surface area contributed by atoms with Gasteiger partial charge in [0.25, 0.3) is 0 Å². The number of nitrogens with one attached hydrogen (secondary N) is 1. The van der Waals surface area contributed by atoms with E-state index >= 15 is 0 Å². The third kappa shape index (κ3) is 10.9. The van der Waals surface area contributed by atoms with E-state index in [1.807, 2.05) is 97.1 Å². The molecule has 0 radical (unpaired) electrons. The van der Waals surface area contributed by atoms with Crippen molar-refractivity contribution in [3.05, 3.63) is 144 Å². The van der Waals surface area contributed by atoms with Gasteiger partial charge in [-0.15, -0.1) is 0 Å². The zero-order valence-corrected chi connectivity index (χ0v) is 31.2. The molecule has 1 fully saturated rings. The van der Waals surface area contributed by atoms with Crippen molar-refractivity contribution in [3.63, 3.8) is 0 Å². The van der Waals surface area contributed by atoms with Crippen LogP contribution in [0.3, 0.4) is 0 Å². The number of aliphatic hydroxyl groups excluding tert-OH is 1. The molecule has 1 saturated heterocycles. The number of ether oxygens (including phenoxy) is 4. The summed E-state index contributed by atoms with van der Waals surface area (Å²) in [6, 6.07) is 40.1. The van der Waals surface area contributed by atoms with Crippen molar-refractivity contribution in [1.82, 2.24) is 5.32 Å². The quantitative estimate of drug-likeness (QED) is 0.103. The zero-order chi connectivity index (χ0) is 35.4. The molecule has 1 aliphatic rings. The fourth-order valence-electron chi connectivity index (χ4n) is 5.89. The Balaban J connectivity index is 1.46. The molecule has 0 bridgehead atoms. The summed E-state index contributed by atoms with van der Waals surface area (Å²) in [6.45, 7) is 13.2. The first-order chi connectivity index (χ1) is 24.1. The first-order valence-corrected chi connectivity index (χ1v) is 20.7. The van der Waals surface area contributed by atoms with E-state index in [0.717, 1.165) is 22.3 Å². The van der Waals surface area contributed by atoms with Crippen LogP contribution in [0, 0.1) is 0 Å². The summed E-state index contributed by atoms with van der Waals surface area (Å²) in [4.78, 5) is 0. The summed E-state index contributed by atoms with van der Waals surface area (Å²) in [6.07, 6.45) is -2.97. The minimum atomic E-state index is -2.17. The molecule has 4 aromatic rings. The van der Waals surface area contributed by atoms with Crippen molar-refractivity contribution in [2.24, 2.45) is 0 Å². The second-order valence-corrected chi connectivity index (χ2v) is 19.5. The maximum Gasteiger partial charge on any atom is 0.192 e. The molecule has 0 spiro atoms. The van der Waals surface area contributed by atoms with Gasteiger partial charge in [0, 0.05) is 6.54 Å². The van der Waals surface area contributed by atoms with Crippen LogP contribution in [-0.2, 0) is 49.8 Å². The molecule has 8 heteroatoms.